The molecule has 1 amide bonds. The molecule has 2 rings (SSSR count). The predicted octanol–water partition coefficient (Wildman–Crippen LogP) is 2.18. The maximum atomic E-state index is 12.8. The highest BCUT2D eigenvalue weighted by molar-refractivity contribution is 7.80. The van der Waals surface area contributed by atoms with Crippen molar-refractivity contribution in [2.24, 2.45) is 0 Å². The lowest BCUT2D eigenvalue weighted by Gasteiger charge is -2.11. The van der Waals surface area contributed by atoms with Crippen molar-refractivity contribution >= 4 is 34.8 Å². The van der Waals surface area contributed by atoms with Gasteiger partial charge in [0.15, 0.2) is 5.11 Å². The van der Waals surface area contributed by atoms with Crippen LogP contribution in [0.5, 0.6) is 0 Å². The van der Waals surface area contributed by atoms with Crippen molar-refractivity contribution in [1.29, 1.82) is 0 Å². The van der Waals surface area contributed by atoms with Crippen LogP contribution in [0.25, 0.3) is 0 Å². The Morgan fingerprint density at radius 3 is 2.55 bits per heavy atom. The Hall–Kier alpha value is -2.25. The summed E-state index contributed by atoms with van der Waals surface area (Å²) in [5.41, 5.74) is 6.20. The molecule has 0 bridgehead atoms. The van der Waals surface area contributed by atoms with E-state index < -0.39 is 5.91 Å². The normalized spacial score (nSPS) is 9.91. The minimum Gasteiger partial charge on any atom is -0.357 e. The Morgan fingerprint density at radius 2 is 1.91 bits per heavy atom. The molecule has 0 aliphatic heterocycles. The van der Waals surface area contributed by atoms with Gasteiger partial charge in [-0.05, 0) is 42.0 Å². The third-order valence-corrected chi connectivity index (χ3v) is 3.12. The molecule has 0 spiro atoms. The molecule has 1 aromatic carbocycles. The number of nitrogens with one attached hydrogen (secondary N) is 3. The SMILES string of the molecule is O=C(NNC(=S)NCc1ccc(F)cc1)c1ccc(Cl)nc1. The molecule has 0 saturated heterocycles. The fraction of sp³-hybridized carbons (Fsp3) is 0.0714. The van der Waals surface area contributed by atoms with E-state index in [1.165, 1.54) is 24.4 Å². The number of hydrogen-bond donors (Lipinski definition) is 3. The lowest BCUT2D eigenvalue weighted by molar-refractivity contribution is 0.0943. The third kappa shape index (κ3) is 4.94. The molecule has 5 nitrogen and oxygen atoms in total. The van der Waals surface area contributed by atoms with Crippen LogP contribution in [0.1, 0.15) is 15.9 Å². The lowest BCUT2D eigenvalue weighted by Crippen LogP contribution is -2.46. The predicted molar refractivity (Wildman–Crippen MR) is 85.7 cm³/mol. The maximum absolute atomic E-state index is 12.8. The average molecular weight is 339 g/mol. The number of hydrogen-bond acceptors (Lipinski definition) is 3. The number of pyridine rings is 1. The standard InChI is InChI=1S/C14H12ClFN4OS/c15-12-6-3-10(8-17-12)13(21)19-20-14(22)18-7-9-1-4-11(16)5-2-9/h1-6,8H,7H2,(H,19,21)(H2,18,20,22). The second-order valence-electron chi connectivity index (χ2n) is 4.26. The van der Waals surface area contributed by atoms with E-state index in [9.17, 15) is 9.18 Å². The Labute approximate surface area is 136 Å². The molecule has 1 heterocycles. The number of thiocarbonyl (C=S) groups is 1. The van der Waals surface area contributed by atoms with Gasteiger partial charge in [0.1, 0.15) is 11.0 Å². The van der Waals surface area contributed by atoms with Crippen LogP contribution in [-0.2, 0) is 6.54 Å². The van der Waals surface area contributed by atoms with E-state index in [0.717, 1.165) is 5.56 Å². The van der Waals surface area contributed by atoms with Gasteiger partial charge in [-0.25, -0.2) is 9.37 Å². The molecule has 2 aromatic rings. The Balaban J connectivity index is 1.76. The molecule has 0 fully saturated rings. The van der Waals surface area contributed by atoms with Crippen LogP contribution in [0, 0.1) is 5.82 Å². The zero-order valence-corrected chi connectivity index (χ0v) is 12.8. The highest BCUT2D eigenvalue weighted by Crippen LogP contribution is 2.04. The molecule has 3 N–H and O–H groups in total. The summed E-state index contributed by atoms with van der Waals surface area (Å²) in [6, 6.07) is 9.07. The van der Waals surface area contributed by atoms with Gasteiger partial charge in [0, 0.05) is 12.7 Å². The average Bonchev–Trinajstić information content (AvgIpc) is 2.52. The number of nitrogens with zero attached hydrogens (tertiary/aromatic N) is 1. The molecule has 0 aliphatic carbocycles. The van der Waals surface area contributed by atoms with Gasteiger partial charge in [-0.2, -0.15) is 0 Å². The molecule has 0 atom stereocenters. The first-order chi connectivity index (χ1) is 10.5. The van der Waals surface area contributed by atoms with Crippen LogP contribution in [0.3, 0.4) is 0 Å². The Bertz CT molecular complexity index is 664. The van der Waals surface area contributed by atoms with Crippen molar-refractivity contribution in [1.82, 2.24) is 21.2 Å². The van der Waals surface area contributed by atoms with Crippen molar-refractivity contribution in [2.75, 3.05) is 0 Å². The van der Waals surface area contributed by atoms with Crippen LogP contribution >= 0.6 is 23.8 Å². The highest BCUT2D eigenvalue weighted by atomic mass is 35.5. The molecular formula is C14H12ClFN4OS. The van der Waals surface area contributed by atoms with E-state index in [2.05, 4.69) is 21.2 Å². The van der Waals surface area contributed by atoms with E-state index in [1.807, 2.05) is 0 Å². The number of benzene rings is 1. The zero-order chi connectivity index (χ0) is 15.9. The first-order valence-electron chi connectivity index (χ1n) is 6.25. The van der Waals surface area contributed by atoms with Crippen molar-refractivity contribution in [3.8, 4) is 0 Å². The first-order valence-corrected chi connectivity index (χ1v) is 7.03. The second kappa shape index (κ2) is 7.67. The summed E-state index contributed by atoms with van der Waals surface area (Å²) in [5, 5.41) is 3.42. The molecule has 22 heavy (non-hydrogen) atoms. The fourth-order valence-corrected chi connectivity index (χ4v) is 1.76. The molecule has 114 valence electrons. The van der Waals surface area contributed by atoms with Gasteiger partial charge in [0.25, 0.3) is 5.91 Å². The van der Waals surface area contributed by atoms with Gasteiger partial charge in [-0.15, -0.1) is 0 Å². The van der Waals surface area contributed by atoms with Crippen molar-refractivity contribution in [3.05, 3.63) is 64.7 Å². The molecule has 0 radical (unpaired) electrons. The third-order valence-electron chi connectivity index (χ3n) is 2.65. The van der Waals surface area contributed by atoms with Gasteiger partial charge in [-0.3, -0.25) is 15.6 Å². The maximum Gasteiger partial charge on any atom is 0.271 e. The number of carbonyl (C=O) groups is 1. The molecule has 8 heteroatoms. The van der Waals surface area contributed by atoms with Crippen molar-refractivity contribution < 1.29 is 9.18 Å². The topological polar surface area (TPSA) is 66.1 Å². The first kappa shape index (κ1) is 16.1. The van der Waals surface area contributed by atoms with Crippen LogP contribution in [0.4, 0.5) is 4.39 Å². The summed E-state index contributed by atoms with van der Waals surface area (Å²) in [5.74, 6) is -0.691. The van der Waals surface area contributed by atoms with Crippen LogP contribution < -0.4 is 16.2 Å². The van der Waals surface area contributed by atoms with E-state index in [-0.39, 0.29) is 10.9 Å². The summed E-state index contributed by atoms with van der Waals surface area (Å²) in [6.45, 7) is 0.407. The highest BCUT2D eigenvalue weighted by Gasteiger charge is 2.06. The Morgan fingerprint density at radius 1 is 1.18 bits per heavy atom. The summed E-state index contributed by atoms with van der Waals surface area (Å²) < 4.78 is 12.8. The summed E-state index contributed by atoms with van der Waals surface area (Å²) in [7, 11) is 0. The number of carbonyl (C=O) groups excluding carboxylic acids is 1. The quantitative estimate of drug-likeness (QED) is 0.455. The largest absolute Gasteiger partial charge is 0.357 e. The van der Waals surface area contributed by atoms with Crippen LogP contribution in [-0.4, -0.2) is 16.0 Å². The molecule has 0 saturated carbocycles. The van der Waals surface area contributed by atoms with Gasteiger partial charge in [0.2, 0.25) is 0 Å². The molecule has 1 aromatic heterocycles. The van der Waals surface area contributed by atoms with E-state index in [4.69, 9.17) is 23.8 Å². The minimum absolute atomic E-state index is 0.236. The number of halogens is 2. The summed E-state index contributed by atoms with van der Waals surface area (Å²) >= 11 is 10.7. The number of aromatic nitrogens is 1. The van der Waals surface area contributed by atoms with Crippen molar-refractivity contribution in [2.45, 2.75) is 6.54 Å². The van der Waals surface area contributed by atoms with Gasteiger partial charge in [-0.1, -0.05) is 23.7 Å². The van der Waals surface area contributed by atoms with Gasteiger partial charge < -0.3 is 5.32 Å². The Kier molecular flexibility index (Phi) is 5.62. The van der Waals surface area contributed by atoms with E-state index in [1.54, 1.807) is 18.2 Å². The number of rotatable bonds is 3. The fourth-order valence-electron chi connectivity index (χ4n) is 1.52. The van der Waals surface area contributed by atoms with E-state index in [0.29, 0.717) is 17.3 Å². The summed E-state index contributed by atoms with van der Waals surface area (Å²) in [6.07, 6.45) is 1.36. The van der Waals surface area contributed by atoms with Gasteiger partial charge >= 0.3 is 0 Å². The smallest absolute Gasteiger partial charge is 0.271 e. The summed E-state index contributed by atoms with van der Waals surface area (Å²) in [4.78, 5) is 15.6. The van der Waals surface area contributed by atoms with Crippen molar-refractivity contribution in [3.63, 3.8) is 0 Å². The molecule has 0 aliphatic rings. The van der Waals surface area contributed by atoms with Crippen LogP contribution in [0.2, 0.25) is 5.15 Å². The molecular weight excluding hydrogens is 327 g/mol. The zero-order valence-electron chi connectivity index (χ0n) is 11.3. The number of amides is 1. The minimum atomic E-state index is -0.393. The van der Waals surface area contributed by atoms with E-state index >= 15 is 0 Å². The lowest BCUT2D eigenvalue weighted by atomic mass is 10.2. The molecule has 0 unspecified atom stereocenters. The second-order valence-corrected chi connectivity index (χ2v) is 5.05. The number of hydrazine groups is 1. The monoisotopic (exact) mass is 338 g/mol. The van der Waals surface area contributed by atoms with Gasteiger partial charge in [0.05, 0.1) is 5.56 Å². The van der Waals surface area contributed by atoms with Crippen LogP contribution in [0.15, 0.2) is 42.6 Å².